The monoisotopic (exact) mass is 377 g/mol. The summed E-state index contributed by atoms with van der Waals surface area (Å²) in [6, 6.07) is 8.35. The van der Waals surface area contributed by atoms with Gasteiger partial charge in [-0.15, -0.1) is 0 Å². The van der Waals surface area contributed by atoms with Crippen LogP contribution >= 0.6 is 0 Å². The third-order valence-electron chi connectivity index (χ3n) is 4.02. The van der Waals surface area contributed by atoms with Crippen LogP contribution in [0.5, 0.6) is 0 Å². The number of pyridine rings is 1. The summed E-state index contributed by atoms with van der Waals surface area (Å²) >= 11 is 0. The topological polar surface area (TPSA) is 79.4 Å². The Kier molecular flexibility index (Phi) is 4.93. The molecule has 1 aromatic heterocycles. The number of rotatable bonds is 5. The van der Waals surface area contributed by atoms with Crippen LogP contribution < -0.4 is 5.32 Å². The van der Waals surface area contributed by atoms with E-state index in [0.29, 0.717) is 17.3 Å². The second-order valence-corrected chi connectivity index (χ2v) is 5.89. The molecule has 1 aliphatic heterocycles. The number of halogens is 3. The number of imide groups is 1. The molecule has 0 radical (unpaired) electrons. The van der Waals surface area contributed by atoms with Crippen LogP contribution in [0.1, 0.15) is 39.1 Å². The number of fused-ring (bicyclic) bond motifs is 1. The molecule has 0 bridgehead atoms. The number of hydrogen-bond donors (Lipinski definition) is 1. The molecule has 1 aromatic carbocycles. The normalized spacial score (nSPS) is 13.7. The second-order valence-electron chi connectivity index (χ2n) is 5.89. The molecule has 3 amide bonds. The van der Waals surface area contributed by atoms with Crippen molar-refractivity contribution in [3.63, 3.8) is 0 Å². The van der Waals surface area contributed by atoms with Crippen molar-refractivity contribution in [3.8, 4) is 0 Å². The van der Waals surface area contributed by atoms with Crippen LogP contribution in [-0.4, -0.2) is 34.2 Å². The lowest BCUT2D eigenvalue weighted by Crippen LogP contribution is -2.31. The van der Waals surface area contributed by atoms with Gasteiger partial charge in [0, 0.05) is 19.2 Å². The highest BCUT2D eigenvalue weighted by Crippen LogP contribution is 2.29. The number of hydrogen-bond acceptors (Lipinski definition) is 4. The highest BCUT2D eigenvalue weighted by Gasteiger charge is 2.34. The van der Waals surface area contributed by atoms with Crippen LogP contribution in [0.25, 0.3) is 0 Å². The van der Waals surface area contributed by atoms with Gasteiger partial charge in [0.1, 0.15) is 5.82 Å². The van der Waals surface area contributed by atoms with E-state index in [-0.39, 0.29) is 25.2 Å². The van der Waals surface area contributed by atoms with Crippen molar-refractivity contribution < 1.29 is 27.6 Å². The van der Waals surface area contributed by atoms with E-state index in [1.165, 1.54) is 0 Å². The standard InChI is InChI=1S/C18H14F3N3O3/c19-18(20,21)11-7-8-14(22-10-11)23-15(25)6-3-9-24-16(26)12-4-1-2-5-13(12)17(24)27/h1-2,4-5,7-8,10H,3,6,9H2,(H,22,23,25). The average molecular weight is 377 g/mol. The molecule has 0 aliphatic carbocycles. The summed E-state index contributed by atoms with van der Waals surface area (Å²) in [6.07, 6.45) is -3.66. The molecule has 0 atom stereocenters. The maximum Gasteiger partial charge on any atom is 0.417 e. The smallest absolute Gasteiger partial charge is 0.311 e. The number of benzene rings is 1. The van der Waals surface area contributed by atoms with Gasteiger partial charge in [-0.25, -0.2) is 4.98 Å². The van der Waals surface area contributed by atoms with Crippen molar-refractivity contribution in [2.45, 2.75) is 19.0 Å². The number of carbonyl (C=O) groups excluding carboxylic acids is 3. The van der Waals surface area contributed by atoms with Gasteiger partial charge < -0.3 is 5.32 Å². The first kappa shape index (κ1) is 18.6. The first-order valence-electron chi connectivity index (χ1n) is 8.05. The number of carbonyl (C=O) groups is 3. The molecule has 1 aliphatic rings. The van der Waals surface area contributed by atoms with Crippen LogP contribution in [0.2, 0.25) is 0 Å². The van der Waals surface area contributed by atoms with Gasteiger partial charge in [-0.2, -0.15) is 13.2 Å². The predicted molar refractivity (Wildman–Crippen MR) is 88.9 cm³/mol. The molecule has 9 heteroatoms. The molecule has 2 aromatic rings. The minimum absolute atomic E-state index is 0.00581. The van der Waals surface area contributed by atoms with E-state index in [9.17, 15) is 27.6 Å². The third kappa shape index (κ3) is 3.97. The van der Waals surface area contributed by atoms with Crippen LogP contribution in [0.4, 0.5) is 19.0 Å². The zero-order valence-electron chi connectivity index (χ0n) is 13.9. The fraction of sp³-hybridized carbons (Fsp3) is 0.222. The van der Waals surface area contributed by atoms with Gasteiger partial charge >= 0.3 is 6.18 Å². The molecule has 0 unspecified atom stereocenters. The molecule has 1 N–H and O–H groups in total. The molecule has 0 fully saturated rings. The van der Waals surface area contributed by atoms with Gasteiger partial charge in [-0.1, -0.05) is 12.1 Å². The molecule has 0 saturated heterocycles. The zero-order chi connectivity index (χ0) is 19.6. The van der Waals surface area contributed by atoms with Crippen molar-refractivity contribution in [1.29, 1.82) is 0 Å². The first-order chi connectivity index (χ1) is 12.8. The lowest BCUT2D eigenvalue weighted by Gasteiger charge is -2.13. The van der Waals surface area contributed by atoms with Crippen molar-refractivity contribution >= 4 is 23.5 Å². The van der Waals surface area contributed by atoms with Crippen molar-refractivity contribution in [2.24, 2.45) is 0 Å². The van der Waals surface area contributed by atoms with E-state index in [1.54, 1.807) is 24.3 Å². The summed E-state index contributed by atoms with van der Waals surface area (Å²) in [5, 5.41) is 2.38. The Bertz CT molecular complexity index is 860. The lowest BCUT2D eigenvalue weighted by atomic mass is 10.1. The summed E-state index contributed by atoms with van der Waals surface area (Å²) in [7, 11) is 0. The van der Waals surface area contributed by atoms with E-state index in [0.717, 1.165) is 17.0 Å². The van der Waals surface area contributed by atoms with Crippen molar-refractivity contribution in [2.75, 3.05) is 11.9 Å². The molecule has 2 heterocycles. The highest BCUT2D eigenvalue weighted by molar-refractivity contribution is 6.21. The van der Waals surface area contributed by atoms with Crippen molar-refractivity contribution in [1.82, 2.24) is 9.88 Å². The summed E-state index contributed by atoms with van der Waals surface area (Å²) in [6.45, 7) is 0.0696. The molecule has 0 saturated carbocycles. The van der Waals surface area contributed by atoms with E-state index < -0.39 is 29.5 Å². The van der Waals surface area contributed by atoms with Gasteiger partial charge in [0.05, 0.1) is 16.7 Å². The Labute approximate surface area is 152 Å². The average Bonchev–Trinajstić information content (AvgIpc) is 2.87. The largest absolute Gasteiger partial charge is 0.417 e. The maximum atomic E-state index is 12.5. The van der Waals surface area contributed by atoms with Gasteiger partial charge in [0.15, 0.2) is 0 Å². The number of nitrogens with one attached hydrogen (secondary N) is 1. The van der Waals surface area contributed by atoms with E-state index in [1.807, 2.05) is 0 Å². The van der Waals surface area contributed by atoms with E-state index in [4.69, 9.17) is 0 Å². The van der Waals surface area contributed by atoms with Crippen LogP contribution in [0.3, 0.4) is 0 Å². The molecule has 6 nitrogen and oxygen atoms in total. The molecule has 0 spiro atoms. The fourth-order valence-electron chi connectivity index (χ4n) is 2.68. The van der Waals surface area contributed by atoms with Crippen molar-refractivity contribution in [3.05, 3.63) is 59.3 Å². The Hall–Kier alpha value is -3.23. The molecule has 3 rings (SSSR count). The van der Waals surface area contributed by atoms with Gasteiger partial charge in [0.2, 0.25) is 5.91 Å². The van der Waals surface area contributed by atoms with Crippen LogP contribution in [0.15, 0.2) is 42.6 Å². The van der Waals surface area contributed by atoms with Crippen LogP contribution in [0, 0.1) is 0 Å². The number of alkyl halides is 3. The number of nitrogens with zero attached hydrogens (tertiary/aromatic N) is 2. The minimum atomic E-state index is -4.50. The summed E-state index contributed by atoms with van der Waals surface area (Å²) < 4.78 is 37.4. The lowest BCUT2D eigenvalue weighted by molar-refractivity contribution is -0.137. The number of anilines is 1. The van der Waals surface area contributed by atoms with E-state index >= 15 is 0 Å². The van der Waals surface area contributed by atoms with E-state index in [2.05, 4.69) is 10.3 Å². The predicted octanol–water partition coefficient (Wildman–Crippen LogP) is 3.12. The molecular weight excluding hydrogens is 363 g/mol. The molecule has 27 heavy (non-hydrogen) atoms. The maximum absolute atomic E-state index is 12.5. The third-order valence-corrected chi connectivity index (χ3v) is 4.02. The SMILES string of the molecule is O=C(CCCN1C(=O)c2ccccc2C1=O)Nc1ccc(C(F)(F)F)cn1. The van der Waals surface area contributed by atoms with Gasteiger partial charge in [0.25, 0.3) is 11.8 Å². The van der Waals surface area contributed by atoms with Gasteiger partial charge in [-0.3, -0.25) is 19.3 Å². The first-order valence-corrected chi connectivity index (χ1v) is 8.05. The second kappa shape index (κ2) is 7.18. The van der Waals surface area contributed by atoms with Gasteiger partial charge in [-0.05, 0) is 30.7 Å². The Morgan fingerprint density at radius 1 is 1.04 bits per heavy atom. The number of aromatic nitrogens is 1. The Morgan fingerprint density at radius 2 is 1.67 bits per heavy atom. The summed E-state index contributed by atoms with van der Waals surface area (Å²) in [5.74, 6) is -1.28. The molecular formula is C18H14F3N3O3. The number of amides is 3. The molecule has 140 valence electrons. The minimum Gasteiger partial charge on any atom is -0.311 e. The Balaban J connectivity index is 1.51. The quantitative estimate of drug-likeness (QED) is 0.812. The van der Waals surface area contributed by atoms with Crippen LogP contribution in [-0.2, 0) is 11.0 Å². The Morgan fingerprint density at radius 3 is 2.19 bits per heavy atom. The summed E-state index contributed by atoms with van der Waals surface area (Å²) in [5.41, 5.74) is -0.243. The summed E-state index contributed by atoms with van der Waals surface area (Å²) in [4.78, 5) is 40.9. The zero-order valence-corrected chi connectivity index (χ0v) is 13.9. The highest BCUT2D eigenvalue weighted by atomic mass is 19.4. The fourth-order valence-corrected chi connectivity index (χ4v) is 2.68.